The topological polar surface area (TPSA) is 55.5 Å². The highest BCUT2D eigenvalue weighted by Gasteiger charge is 2.25. The van der Waals surface area contributed by atoms with E-state index in [0.29, 0.717) is 12.2 Å². The van der Waals surface area contributed by atoms with E-state index in [4.69, 9.17) is 10.5 Å². The minimum atomic E-state index is -0.583. The van der Waals surface area contributed by atoms with Gasteiger partial charge in [-0.2, -0.15) is 0 Å². The van der Waals surface area contributed by atoms with Crippen molar-refractivity contribution in [2.75, 3.05) is 7.11 Å². The minimum absolute atomic E-state index is 0. The molecule has 18 heavy (non-hydrogen) atoms. The van der Waals surface area contributed by atoms with Crippen molar-refractivity contribution in [3.05, 3.63) is 29.8 Å². The van der Waals surface area contributed by atoms with Gasteiger partial charge in [0.15, 0.2) is 0 Å². The molecule has 0 radical (unpaired) electrons. The van der Waals surface area contributed by atoms with E-state index >= 15 is 0 Å². The van der Waals surface area contributed by atoms with E-state index in [1.165, 1.54) is 0 Å². The smallest absolute Gasteiger partial charge is 0.124 e. The lowest BCUT2D eigenvalue weighted by Gasteiger charge is -2.29. The molecule has 0 fully saturated rings. The number of benzene rings is 1. The highest BCUT2D eigenvalue weighted by atomic mass is 35.5. The molecule has 4 heteroatoms. The van der Waals surface area contributed by atoms with Crippen LogP contribution in [0.4, 0.5) is 0 Å². The Morgan fingerprint density at radius 3 is 2.33 bits per heavy atom. The molecule has 1 aromatic rings. The van der Waals surface area contributed by atoms with Crippen molar-refractivity contribution < 1.29 is 9.84 Å². The first-order valence-corrected chi connectivity index (χ1v) is 5.93. The summed E-state index contributed by atoms with van der Waals surface area (Å²) in [6.07, 6.45) is -0.0514. The maximum absolute atomic E-state index is 10.2. The lowest BCUT2D eigenvalue weighted by Crippen LogP contribution is -2.36. The molecule has 0 saturated heterocycles. The van der Waals surface area contributed by atoms with Crippen molar-refractivity contribution in [2.24, 2.45) is 11.1 Å². The monoisotopic (exact) mass is 273 g/mol. The van der Waals surface area contributed by atoms with Gasteiger partial charge in [-0.15, -0.1) is 12.4 Å². The molecule has 1 aromatic carbocycles. The van der Waals surface area contributed by atoms with Crippen LogP contribution in [0.25, 0.3) is 0 Å². The van der Waals surface area contributed by atoms with Crippen LogP contribution in [0, 0.1) is 5.41 Å². The van der Waals surface area contributed by atoms with Crippen molar-refractivity contribution in [2.45, 2.75) is 39.3 Å². The molecule has 0 amide bonds. The number of hydrogen-bond acceptors (Lipinski definition) is 3. The molecule has 104 valence electrons. The number of halogens is 1. The van der Waals surface area contributed by atoms with Crippen molar-refractivity contribution >= 4 is 12.4 Å². The maximum atomic E-state index is 10.2. The van der Waals surface area contributed by atoms with E-state index < -0.39 is 6.10 Å². The van der Waals surface area contributed by atoms with Crippen LogP contribution in [0.15, 0.2) is 24.3 Å². The summed E-state index contributed by atoms with van der Waals surface area (Å²) in [5, 5.41) is 10.2. The number of hydrogen-bond donors (Lipinski definition) is 2. The molecule has 0 heterocycles. The van der Waals surface area contributed by atoms with Gasteiger partial charge >= 0.3 is 0 Å². The van der Waals surface area contributed by atoms with E-state index in [1.54, 1.807) is 7.11 Å². The van der Waals surface area contributed by atoms with E-state index in [-0.39, 0.29) is 23.9 Å². The Morgan fingerprint density at radius 2 is 1.83 bits per heavy atom. The number of para-hydroxylation sites is 1. The third-order valence-electron chi connectivity index (χ3n) is 3.09. The largest absolute Gasteiger partial charge is 0.496 e. The summed E-state index contributed by atoms with van der Waals surface area (Å²) in [5.41, 5.74) is 6.87. The minimum Gasteiger partial charge on any atom is -0.496 e. The summed E-state index contributed by atoms with van der Waals surface area (Å²) in [6.45, 7) is 6.23. The van der Waals surface area contributed by atoms with Crippen LogP contribution in [0.2, 0.25) is 0 Å². The van der Waals surface area contributed by atoms with Gasteiger partial charge in [-0.05, 0) is 17.9 Å². The highest BCUT2D eigenvalue weighted by molar-refractivity contribution is 5.85. The van der Waals surface area contributed by atoms with Crippen molar-refractivity contribution in [3.63, 3.8) is 0 Å². The third-order valence-corrected chi connectivity index (χ3v) is 3.09. The molecule has 0 aliphatic rings. The average molecular weight is 274 g/mol. The summed E-state index contributed by atoms with van der Waals surface area (Å²) < 4.78 is 5.23. The number of aliphatic hydroxyl groups is 1. The fraction of sp³-hybridized carbons (Fsp3) is 0.571. The fourth-order valence-electron chi connectivity index (χ4n) is 1.66. The van der Waals surface area contributed by atoms with Crippen LogP contribution in [0.3, 0.4) is 0 Å². The van der Waals surface area contributed by atoms with Crippen LogP contribution in [0.5, 0.6) is 5.75 Å². The molecule has 0 aromatic heterocycles. The summed E-state index contributed by atoms with van der Waals surface area (Å²) >= 11 is 0. The zero-order chi connectivity index (χ0) is 13.1. The second-order valence-corrected chi connectivity index (χ2v) is 5.47. The van der Waals surface area contributed by atoms with Crippen LogP contribution < -0.4 is 10.5 Å². The molecule has 0 aliphatic heterocycles. The normalized spacial score (nSPS) is 14.6. The Hall–Kier alpha value is -0.770. The Balaban J connectivity index is 0.00000289. The number of aliphatic hydroxyl groups excluding tert-OH is 1. The number of methoxy groups -OCH3 is 1. The number of rotatable bonds is 4. The van der Waals surface area contributed by atoms with Crippen LogP contribution >= 0.6 is 12.4 Å². The first kappa shape index (κ1) is 17.2. The summed E-state index contributed by atoms with van der Waals surface area (Å²) in [7, 11) is 1.61. The van der Waals surface area contributed by atoms with Gasteiger partial charge in [-0.25, -0.2) is 0 Å². The van der Waals surface area contributed by atoms with Gasteiger partial charge in [0, 0.05) is 11.6 Å². The predicted molar refractivity (Wildman–Crippen MR) is 77.2 cm³/mol. The first-order chi connectivity index (χ1) is 7.86. The Morgan fingerprint density at radius 1 is 1.28 bits per heavy atom. The van der Waals surface area contributed by atoms with Gasteiger partial charge in [-0.1, -0.05) is 39.0 Å². The first-order valence-electron chi connectivity index (χ1n) is 5.93. The van der Waals surface area contributed by atoms with Gasteiger partial charge in [0.05, 0.1) is 13.2 Å². The number of ether oxygens (including phenoxy) is 1. The predicted octanol–water partition coefficient (Wildman–Crippen LogP) is 2.91. The standard InChI is InChI=1S/C14H23NO2.ClH/c1-14(2,3)13(15)9-11(16)10-7-5-6-8-12(10)17-4;/h5-8,11,13,16H,9,15H2,1-4H3;1H/t11-,13-;/m1./s1. The Kier molecular flexibility index (Phi) is 6.68. The summed E-state index contributed by atoms with van der Waals surface area (Å²) in [6, 6.07) is 7.45. The quantitative estimate of drug-likeness (QED) is 0.887. The summed E-state index contributed by atoms with van der Waals surface area (Å²) in [5.74, 6) is 0.709. The third kappa shape index (κ3) is 4.48. The molecule has 0 saturated carbocycles. The molecule has 3 nitrogen and oxygen atoms in total. The fourth-order valence-corrected chi connectivity index (χ4v) is 1.66. The molecule has 1 rings (SSSR count). The van der Waals surface area contributed by atoms with Gasteiger partial charge in [0.25, 0.3) is 0 Å². The molecule has 0 aliphatic carbocycles. The molecular formula is C14H24ClNO2. The van der Waals surface area contributed by atoms with E-state index in [1.807, 2.05) is 24.3 Å². The molecular weight excluding hydrogens is 250 g/mol. The van der Waals surface area contributed by atoms with Crippen molar-refractivity contribution in [1.29, 1.82) is 0 Å². The van der Waals surface area contributed by atoms with Crippen LogP contribution in [-0.2, 0) is 0 Å². The second-order valence-electron chi connectivity index (χ2n) is 5.47. The highest BCUT2D eigenvalue weighted by Crippen LogP contribution is 2.31. The molecule has 2 atom stereocenters. The van der Waals surface area contributed by atoms with Crippen molar-refractivity contribution in [1.82, 2.24) is 0 Å². The summed E-state index contributed by atoms with van der Waals surface area (Å²) in [4.78, 5) is 0. The SMILES string of the molecule is COc1ccccc1[C@H](O)C[C@@H](N)C(C)(C)C.Cl. The van der Waals surface area contributed by atoms with Crippen LogP contribution in [-0.4, -0.2) is 18.3 Å². The number of nitrogens with two attached hydrogens (primary N) is 1. The molecule has 0 bridgehead atoms. The molecule has 3 N–H and O–H groups in total. The van der Waals surface area contributed by atoms with E-state index in [9.17, 15) is 5.11 Å². The van der Waals surface area contributed by atoms with Crippen LogP contribution in [0.1, 0.15) is 38.9 Å². The van der Waals surface area contributed by atoms with E-state index in [2.05, 4.69) is 20.8 Å². The zero-order valence-electron chi connectivity index (χ0n) is 11.5. The van der Waals surface area contributed by atoms with Gasteiger partial charge in [0.1, 0.15) is 5.75 Å². The molecule has 0 unspecified atom stereocenters. The maximum Gasteiger partial charge on any atom is 0.124 e. The van der Waals surface area contributed by atoms with Gasteiger partial charge < -0.3 is 15.6 Å². The zero-order valence-corrected chi connectivity index (χ0v) is 12.3. The van der Waals surface area contributed by atoms with Crippen molar-refractivity contribution in [3.8, 4) is 5.75 Å². The Bertz CT molecular complexity index is 363. The average Bonchev–Trinajstić information content (AvgIpc) is 2.27. The van der Waals surface area contributed by atoms with Gasteiger partial charge in [0.2, 0.25) is 0 Å². The Labute approximate surface area is 116 Å². The molecule has 0 spiro atoms. The van der Waals surface area contributed by atoms with Gasteiger partial charge in [-0.3, -0.25) is 0 Å². The lowest BCUT2D eigenvalue weighted by molar-refractivity contribution is 0.130. The second kappa shape index (κ2) is 6.98. The lowest BCUT2D eigenvalue weighted by atomic mass is 9.83. The van der Waals surface area contributed by atoms with E-state index in [0.717, 1.165) is 5.56 Å².